The van der Waals surface area contributed by atoms with E-state index >= 15 is 0 Å². The molecule has 0 aliphatic carbocycles. The monoisotopic (exact) mass is 343 g/mol. The van der Waals surface area contributed by atoms with Crippen molar-refractivity contribution in [3.8, 4) is 0 Å². The summed E-state index contributed by atoms with van der Waals surface area (Å²) in [6, 6.07) is 14.9. The highest BCUT2D eigenvalue weighted by Crippen LogP contribution is 2.33. The Morgan fingerprint density at radius 1 is 1.14 bits per heavy atom. The van der Waals surface area contributed by atoms with E-state index in [0.717, 1.165) is 10.2 Å². The molecule has 1 unspecified atom stereocenters. The zero-order chi connectivity index (χ0) is 15.0. The van der Waals surface area contributed by atoms with Crippen molar-refractivity contribution in [1.29, 1.82) is 0 Å². The Balaban J connectivity index is 2.00. The van der Waals surface area contributed by atoms with Gasteiger partial charge in [0.1, 0.15) is 0 Å². The van der Waals surface area contributed by atoms with Crippen LogP contribution in [0.3, 0.4) is 0 Å². The summed E-state index contributed by atoms with van der Waals surface area (Å²) in [5.74, 6) is 0.580. The summed E-state index contributed by atoms with van der Waals surface area (Å²) >= 11 is 3.52. The number of hydrogen-bond donors (Lipinski definition) is 1. The molecule has 21 heavy (non-hydrogen) atoms. The van der Waals surface area contributed by atoms with Gasteiger partial charge >= 0.3 is 0 Å². The Kier molecular flexibility index (Phi) is 3.72. The minimum absolute atomic E-state index is 0.165. The first-order valence-corrected chi connectivity index (χ1v) is 7.77. The van der Waals surface area contributed by atoms with Gasteiger partial charge in [-0.1, -0.05) is 40.2 Å². The van der Waals surface area contributed by atoms with E-state index in [9.17, 15) is 0 Å². The topological polar surface area (TPSA) is 41.6 Å². The molecule has 0 radical (unpaired) electrons. The molecule has 2 aromatic carbocycles. The Bertz CT molecular complexity index is 709. The van der Waals surface area contributed by atoms with Gasteiger partial charge in [-0.3, -0.25) is 4.99 Å². The summed E-state index contributed by atoms with van der Waals surface area (Å²) in [7, 11) is 0. The van der Waals surface area contributed by atoms with E-state index in [1.54, 1.807) is 0 Å². The standard InChI is InChI=1S/C17H18BrN3/c1-11-6-7-13(8-12(11)2)16-10-20-17(19)21(16)15-5-3-4-14(18)9-15/h3-9,16H,10H2,1-2H3,(H2,19,20). The number of nitrogens with zero attached hydrogens (tertiary/aromatic N) is 2. The van der Waals surface area contributed by atoms with Crippen molar-refractivity contribution in [1.82, 2.24) is 0 Å². The van der Waals surface area contributed by atoms with Gasteiger partial charge in [-0.25, -0.2) is 0 Å². The molecule has 0 spiro atoms. The Hall–Kier alpha value is -1.81. The molecule has 0 saturated carbocycles. The van der Waals surface area contributed by atoms with Gasteiger partial charge in [0.25, 0.3) is 0 Å². The molecular formula is C17H18BrN3. The minimum atomic E-state index is 0.165. The highest BCUT2D eigenvalue weighted by atomic mass is 79.9. The molecule has 0 amide bonds. The van der Waals surface area contributed by atoms with Crippen LogP contribution in [0.4, 0.5) is 5.69 Å². The lowest BCUT2D eigenvalue weighted by Gasteiger charge is -2.27. The maximum Gasteiger partial charge on any atom is 0.196 e. The summed E-state index contributed by atoms with van der Waals surface area (Å²) in [4.78, 5) is 6.54. The Morgan fingerprint density at radius 3 is 2.67 bits per heavy atom. The van der Waals surface area contributed by atoms with Crippen LogP contribution < -0.4 is 10.6 Å². The number of guanidine groups is 1. The fraction of sp³-hybridized carbons (Fsp3) is 0.235. The lowest BCUT2D eigenvalue weighted by molar-refractivity contribution is 0.767. The molecule has 0 fully saturated rings. The molecule has 1 aliphatic heterocycles. The van der Waals surface area contributed by atoms with Gasteiger partial charge < -0.3 is 10.6 Å². The number of halogens is 1. The first-order valence-electron chi connectivity index (χ1n) is 6.98. The molecule has 3 rings (SSSR count). The largest absolute Gasteiger partial charge is 0.369 e. The van der Waals surface area contributed by atoms with Gasteiger partial charge in [-0.05, 0) is 48.7 Å². The van der Waals surface area contributed by atoms with Gasteiger partial charge in [-0.15, -0.1) is 0 Å². The van der Waals surface area contributed by atoms with E-state index in [1.165, 1.54) is 16.7 Å². The Morgan fingerprint density at radius 2 is 1.95 bits per heavy atom. The predicted octanol–water partition coefficient (Wildman–Crippen LogP) is 3.94. The van der Waals surface area contributed by atoms with Crippen LogP contribution >= 0.6 is 15.9 Å². The number of benzene rings is 2. The fourth-order valence-electron chi connectivity index (χ4n) is 2.66. The van der Waals surface area contributed by atoms with Crippen molar-refractivity contribution in [3.05, 3.63) is 63.6 Å². The van der Waals surface area contributed by atoms with E-state index in [-0.39, 0.29) is 6.04 Å². The third-order valence-electron chi connectivity index (χ3n) is 3.99. The second kappa shape index (κ2) is 5.53. The van der Waals surface area contributed by atoms with Gasteiger partial charge in [0.05, 0.1) is 12.6 Å². The smallest absolute Gasteiger partial charge is 0.196 e. The van der Waals surface area contributed by atoms with Crippen molar-refractivity contribution in [2.75, 3.05) is 11.4 Å². The normalized spacial score (nSPS) is 18.0. The second-order valence-corrected chi connectivity index (χ2v) is 6.32. The average molecular weight is 344 g/mol. The molecule has 0 aromatic heterocycles. The summed E-state index contributed by atoms with van der Waals surface area (Å²) in [5, 5.41) is 0. The van der Waals surface area contributed by atoms with E-state index in [1.807, 2.05) is 12.1 Å². The molecule has 0 bridgehead atoms. The van der Waals surface area contributed by atoms with Crippen LogP contribution in [0.15, 0.2) is 51.9 Å². The van der Waals surface area contributed by atoms with Gasteiger partial charge in [0.15, 0.2) is 5.96 Å². The third kappa shape index (κ3) is 2.68. The molecule has 2 N–H and O–H groups in total. The average Bonchev–Trinajstić information content (AvgIpc) is 2.84. The van der Waals surface area contributed by atoms with Crippen LogP contribution in [-0.2, 0) is 0 Å². The second-order valence-electron chi connectivity index (χ2n) is 5.41. The van der Waals surface area contributed by atoms with Crippen molar-refractivity contribution in [3.63, 3.8) is 0 Å². The molecule has 1 aliphatic rings. The summed E-state index contributed by atoms with van der Waals surface area (Å²) in [6.45, 7) is 4.97. The van der Waals surface area contributed by atoms with Gasteiger partial charge in [0.2, 0.25) is 0 Å². The molecule has 1 heterocycles. The van der Waals surface area contributed by atoms with Crippen LogP contribution in [0.1, 0.15) is 22.7 Å². The maximum absolute atomic E-state index is 6.12. The maximum atomic E-state index is 6.12. The van der Waals surface area contributed by atoms with E-state index < -0.39 is 0 Å². The van der Waals surface area contributed by atoms with Crippen LogP contribution in [0.5, 0.6) is 0 Å². The lowest BCUT2D eigenvalue weighted by atomic mass is 10.00. The van der Waals surface area contributed by atoms with Gasteiger partial charge in [0, 0.05) is 10.2 Å². The molecule has 1 atom stereocenters. The predicted molar refractivity (Wildman–Crippen MR) is 91.8 cm³/mol. The van der Waals surface area contributed by atoms with Crippen LogP contribution in [0, 0.1) is 13.8 Å². The number of aryl methyl sites for hydroxylation is 2. The van der Waals surface area contributed by atoms with Crippen LogP contribution in [-0.4, -0.2) is 12.5 Å². The number of aliphatic imine (C=N–C) groups is 1. The summed E-state index contributed by atoms with van der Waals surface area (Å²) in [5.41, 5.74) is 11.0. The molecule has 4 heteroatoms. The summed E-state index contributed by atoms with van der Waals surface area (Å²) < 4.78 is 1.04. The molecule has 0 saturated heterocycles. The number of hydrogen-bond acceptors (Lipinski definition) is 3. The first-order chi connectivity index (χ1) is 10.1. The number of anilines is 1. The van der Waals surface area contributed by atoms with Crippen molar-refractivity contribution < 1.29 is 0 Å². The lowest BCUT2D eigenvalue weighted by Crippen LogP contribution is -2.36. The molecule has 108 valence electrons. The molecule has 2 aromatic rings. The molecule has 3 nitrogen and oxygen atoms in total. The van der Waals surface area contributed by atoms with Crippen molar-refractivity contribution in [2.24, 2.45) is 10.7 Å². The quantitative estimate of drug-likeness (QED) is 0.897. The van der Waals surface area contributed by atoms with Crippen molar-refractivity contribution in [2.45, 2.75) is 19.9 Å². The third-order valence-corrected chi connectivity index (χ3v) is 4.48. The van der Waals surface area contributed by atoms with Crippen LogP contribution in [0.2, 0.25) is 0 Å². The zero-order valence-electron chi connectivity index (χ0n) is 12.2. The minimum Gasteiger partial charge on any atom is -0.369 e. The van der Waals surface area contributed by atoms with E-state index in [4.69, 9.17) is 5.73 Å². The highest BCUT2D eigenvalue weighted by molar-refractivity contribution is 9.10. The highest BCUT2D eigenvalue weighted by Gasteiger charge is 2.29. The SMILES string of the molecule is Cc1ccc(C2CN=C(N)N2c2cccc(Br)c2)cc1C. The van der Waals surface area contributed by atoms with E-state index in [0.29, 0.717) is 12.5 Å². The Labute approximate surface area is 133 Å². The van der Waals surface area contributed by atoms with E-state index in [2.05, 4.69) is 70.0 Å². The molecular weight excluding hydrogens is 326 g/mol. The van der Waals surface area contributed by atoms with Crippen molar-refractivity contribution >= 4 is 27.6 Å². The summed E-state index contributed by atoms with van der Waals surface area (Å²) in [6.07, 6.45) is 0. The fourth-order valence-corrected chi connectivity index (χ4v) is 3.05. The number of nitrogens with two attached hydrogens (primary N) is 1. The zero-order valence-corrected chi connectivity index (χ0v) is 13.8. The van der Waals surface area contributed by atoms with Crippen LogP contribution in [0.25, 0.3) is 0 Å². The first kappa shape index (κ1) is 14.1. The van der Waals surface area contributed by atoms with Gasteiger partial charge in [-0.2, -0.15) is 0 Å². The number of rotatable bonds is 2.